The second-order valence-electron chi connectivity index (χ2n) is 8.46. The molecule has 0 saturated heterocycles. The normalized spacial score (nSPS) is 25.5. The van der Waals surface area contributed by atoms with Crippen LogP contribution in [-0.4, -0.2) is 6.16 Å². The van der Waals surface area contributed by atoms with Gasteiger partial charge in [0.2, 0.25) is 0 Å². The maximum absolute atomic E-state index is 2.92. The molecule has 0 amide bonds. The molecule has 1 aliphatic rings. The highest BCUT2D eigenvalue weighted by Crippen LogP contribution is 2.34. The number of hydrogen-bond donors (Lipinski definition) is 0. The van der Waals surface area contributed by atoms with Crippen LogP contribution in [0.1, 0.15) is 86.0 Å². The molecule has 0 spiro atoms. The van der Waals surface area contributed by atoms with Gasteiger partial charge in [-0.3, -0.25) is 0 Å². The fourth-order valence-electron chi connectivity index (χ4n) is 4.40. The lowest BCUT2D eigenvalue weighted by molar-refractivity contribution is 0.271. The molecule has 0 radical (unpaired) electrons. The van der Waals surface area contributed by atoms with Crippen LogP contribution in [0.2, 0.25) is 0 Å². The molecule has 0 fully saturated rings. The van der Waals surface area contributed by atoms with Crippen molar-refractivity contribution in [1.82, 2.24) is 0 Å². The van der Waals surface area contributed by atoms with Crippen molar-refractivity contribution in [2.24, 2.45) is 29.6 Å². The summed E-state index contributed by atoms with van der Waals surface area (Å²) in [6, 6.07) is 0. The van der Waals surface area contributed by atoms with Crippen molar-refractivity contribution in [3.8, 4) is 0 Å². The van der Waals surface area contributed by atoms with Gasteiger partial charge in [0, 0.05) is 0 Å². The summed E-state index contributed by atoms with van der Waals surface area (Å²) < 4.78 is 0. The van der Waals surface area contributed by atoms with E-state index in [9.17, 15) is 0 Å². The van der Waals surface area contributed by atoms with E-state index in [1.54, 1.807) is 5.57 Å². The Balaban J connectivity index is 2.31. The predicted molar refractivity (Wildman–Crippen MR) is 115 cm³/mol. The van der Waals surface area contributed by atoms with Crippen molar-refractivity contribution in [2.75, 3.05) is 6.16 Å². The summed E-state index contributed by atoms with van der Waals surface area (Å²) in [5.74, 6) is 4.32. The van der Waals surface area contributed by atoms with Gasteiger partial charge in [0.25, 0.3) is 0 Å². The Morgan fingerprint density at radius 3 is 2.54 bits per heavy atom. The van der Waals surface area contributed by atoms with Crippen LogP contribution < -0.4 is 0 Å². The Morgan fingerprint density at radius 2 is 1.96 bits per heavy atom. The molecule has 6 atom stereocenters. The Bertz CT molecular complexity index is 381. The van der Waals surface area contributed by atoms with Crippen molar-refractivity contribution >= 4 is 9.24 Å². The summed E-state index contributed by atoms with van der Waals surface area (Å²) in [7, 11) is 2.92. The second-order valence-corrected chi connectivity index (χ2v) is 8.93. The summed E-state index contributed by atoms with van der Waals surface area (Å²) in [5, 5.41) is 0. The maximum atomic E-state index is 2.92. The van der Waals surface area contributed by atoms with Gasteiger partial charge in [-0.15, -0.1) is 9.24 Å². The highest BCUT2D eigenvalue weighted by atomic mass is 31.0. The molecule has 1 aliphatic carbocycles. The number of rotatable bonds is 11. The Hall–Kier alpha value is -0.0900. The van der Waals surface area contributed by atoms with Gasteiger partial charge in [-0.1, -0.05) is 63.8 Å². The summed E-state index contributed by atoms with van der Waals surface area (Å²) in [5.41, 5.74) is 1.61. The zero-order valence-electron chi connectivity index (χ0n) is 17.1. The van der Waals surface area contributed by atoms with E-state index in [0.717, 1.165) is 29.6 Å². The SMILES string of the molecule is C/C=C\C(CP)CCC(CC)CC[C@H](C)CC1CCC(C)=C[C@H]1C. The Morgan fingerprint density at radius 1 is 1.25 bits per heavy atom. The molecule has 0 bridgehead atoms. The van der Waals surface area contributed by atoms with Crippen LogP contribution in [0.15, 0.2) is 23.8 Å². The zero-order valence-corrected chi connectivity index (χ0v) is 18.2. The van der Waals surface area contributed by atoms with E-state index in [-0.39, 0.29) is 0 Å². The van der Waals surface area contributed by atoms with Gasteiger partial charge < -0.3 is 0 Å². The van der Waals surface area contributed by atoms with Crippen LogP contribution in [0.25, 0.3) is 0 Å². The third-order valence-electron chi connectivity index (χ3n) is 6.26. The van der Waals surface area contributed by atoms with Crippen molar-refractivity contribution < 1.29 is 0 Å². The molecular weight excluding hydrogens is 307 g/mol. The first kappa shape index (κ1) is 22.0. The monoisotopic (exact) mass is 350 g/mol. The first-order valence-corrected chi connectivity index (χ1v) is 11.3. The molecule has 0 heterocycles. The van der Waals surface area contributed by atoms with Gasteiger partial charge in [0.15, 0.2) is 0 Å². The summed E-state index contributed by atoms with van der Waals surface area (Å²) in [6.07, 6.45) is 19.5. The standard InChI is InChI=1S/C23H43P/c1-6-8-22(17-24)13-12-21(7-2)11-9-19(4)16-23-14-10-18(3)15-20(23)5/h6,8,15,19-23H,7,9-14,16-17,24H2,1-5H3/b8-6-/t19-,20+,21?,22?,23?/m0/s1. The molecule has 0 saturated carbocycles. The third kappa shape index (κ3) is 8.33. The minimum Gasteiger partial charge on any atom is -0.137 e. The fourth-order valence-corrected chi connectivity index (χ4v) is 4.79. The van der Waals surface area contributed by atoms with E-state index in [0.29, 0.717) is 0 Å². The quantitative estimate of drug-likeness (QED) is 0.265. The summed E-state index contributed by atoms with van der Waals surface area (Å²) in [6.45, 7) is 11.8. The van der Waals surface area contributed by atoms with Crippen LogP contribution in [0.5, 0.6) is 0 Å². The maximum Gasteiger partial charge on any atom is -0.0199 e. The molecule has 1 rings (SSSR count). The lowest BCUT2D eigenvalue weighted by Crippen LogP contribution is -2.18. The highest BCUT2D eigenvalue weighted by molar-refractivity contribution is 7.16. The molecule has 0 nitrogen and oxygen atoms in total. The van der Waals surface area contributed by atoms with Crippen LogP contribution in [0, 0.1) is 29.6 Å². The molecule has 0 N–H and O–H groups in total. The molecule has 140 valence electrons. The number of allylic oxidation sites excluding steroid dienone is 4. The third-order valence-corrected chi connectivity index (χ3v) is 6.87. The van der Waals surface area contributed by atoms with Crippen molar-refractivity contribution in [3.63, 3.8) is 0 Å². The molecule has 24 heavy (non-hydrogen) atoms. The fraction of sp³-hybridized carbons (Fsp3) is 0.826. The van der Waals surface area contributed by atoms with E-state index in [4.69, 9.17) is 0 Å². The van der Waals surface area contributed by atoms with E-state index in [2.05, 4.69) is 62.1 Å². The van der Waals surface area contributed by atoms with Gasteiger partial charge in [-0.2, -0.15) is 0 Å². The smallest absolute Gasteiger partial charge is 0.0199 e. The Labute approximate surface area is 155 Å². The van der Waals surface area contributed by atoms with Gasteiger partial charge in [0.1, 0.15) is 0 Å². The van der Waals surface area contributed by atoms with E-state index in [1.165, 1.54) is 57.5 Å². The van der Waals surface area contributed by atoms with E-state index in [1.807, 2.05) is 0 Å². The second kappa shape index (κ2) is 12.3. The average Bonchev–Trinajstić information content (AvgIpc) is 2.56. The first-order valence-electron chi connectivity index (χ1n) is 10.5. The van der Waals surface area contributed by atoms with Gasteiger partial charge in [0.05, 0.1) is 0 Å². The van der Waals surface area contributed by atoms with E-state index < -0.39 is 0 Å². The topological polar surface area (TPSA) is 0 Å². The zero-order chi connectivity index (χ0) is 17.9. The molecule has 1 heteroatoms. The average molecular weight is 351 g/mol. The highest BCUT2D eigenvalue weighted by Gasteiger charge is 2.22. The molecule has 0 aromatic carbocycles. The molecular formula is C23H43P. The van der Waals surface area contributed by atoms with Gasteiger partial charge >= 0.3 is 0 Å². The van der Waals surface area contributed by atoms with E-state index >= 15 is 0 Å². The first-order chi connectivity index (χ1) is 11.5. The van der Waals surface area contributed by atoms with Gasteiger partial charge in [-0.25, -0.2) is 0 Å². The van der Waals surface area contributed by atoms with Crippen molar-refractivity contribution in [3.05, 3.63) is 23.8 Å². The van der Waals surface area contributed by atoms with Crippen molar-refractivity contribution in [2.45, 2.75) is 86.0 Å². The lowest BCUT2D eigenvalue weighted by Gasteiger charge is -2.29. The van der Waals surface area contributed by atoms with Gasteiger partial charge in [-0.05, 0) is 81.7 Å². The van der Waals surface area contributed by atoms with Crippen LogP contribution >= 0.6 is 9.24 Å². The van der Waals surface area contributed by atoms with Crippen LogP contribution in [-0.2, 0) is 0 Å². The summed E-state index contributed by atoms with van der Waals surface area (Å²) in [4.78, 5) is 0. The Kier molecular flexibility index (Phi) is 11.2. The molecule has 0 aromatic heterocycles. The molecule has 0 aliphatic heterocycles. The van der Waals surface area contributed by atoms with Crippen LogP contribution in [0.4, 0.5) is 0 Å². The van der Waals surface area contributed by atoms with Crippen molar-refractivity contribution in [1.29, 1.82) is 0 Å². The van der Waals surface area contributed by atoms with Crippen LogP contribution in [0.3, 0.4) is 0 Å². The minimum atomic E-state index is 0.768. The largest absolute Gasteiger partial charge is 0.137 e. The number of hydrogen-bond acceptors (Lipinski definition) is 0. The predicted octanol–water partition coefficient (Wildman–Crippen LogP) is 7.66. The summed E-state index contributed by atoms with van der Waals surface area (Å²) >= 11 is 0. The molecule has 0 aromatic rings. The molecule has 4 unspecified atom stereocenters. The minimum absolute atomic E-state index is 0.768. The lowest BCUT2D eigenvalue weighted by atomic mass is 9.76.